The van der Waals surface area contributed by atoms with Crippen LogP contribution in [0.25, 0.3) is 0 Å². The first kappa shape index (κ1) is 21.6. The molecule has 28 heavy (non-hydrogen) atoms. The number of carbonyl (C=O) groups is 3. The molecule has 0 atom stereocenters. The van der Waals surface area contributed by atoms with Crippen LogP contribution in [0.4, 0.5) is 4.79 Å². The third-order valence-corrected chi connectivity index (χ3v) is 4.49. The third-order valence-electron chi connectivity index (χ3n) is 4.49. The number of hydrogen-bond donors (Lipinski definition) is 2. The maximum atomic E-state index is 12.1. The highest BCUT2D eigenvalue weighted by Gasteiger charge is 2.24. The van der Waals surface area contributed by atoms with E-state index in [4.69, 9.17) is 9.84 Å². The number of carbonyl (C=O) groups excluding carboxylic acids is 2. The van der Waals surface area contributed by atoms with Gasteiger partial charge in [0.05, 0.1) is 17.3 Å². The van der Waals surface area contributed by atoms with Gasteiger partial charge in [-0.2, -0.15) is 0 Å². The highest BCUT2D eigenvalue weighted by Crippen LogP contribution is 2.15. The number of piperidine rings is 1. The van der Waals surface area contributed by atoms with Gasteiger partial charge in [-0.1, -0.05) is 5.21 Å². The van der Waals surface area contributed by atoms with Crippen molar-refractivity contribution in [3.63, 3.8) is 0 Å². The minimum atomic E-state index is -0.911. The molecule has 2 amide bonds. The lowest BCUT2D eigenvalue weighted by Crippen LogP contribution is -2.46. The van der Waals surface area contributed by atoms with E-state index in [9.17, 15) is 14.4 Å². The second-order valence-electron chi connectivity index (χ2n) is 8.03. The summed E-state index contributed by atoms with van der Waals surface area (Å²) >= 11 is 0. The van der Waals surface area contributed by atoms with Crippen LogP contribution in [0.1, 0.15) is 52.1 Å². The van der Waals surface area contributed by atoms with Gasteiger partial charge in [-0.05, 0) is 46.5 Å². The summed E-state index contributed by atoms with van der Waals surface area (Å²) in [6.45, 7) is 6.25. The number of rotatable bonds is 7. The number of amides is 2. The Bertz CT molecular complexity index is 689. The van der Waals surface area contributed by atoms with Gasteiger partial charge >= 0.3 is 12.1 Å². The fourth-order valence-corrected chi connectivity index (χ4v) is 2.80. The molecule has 0 aliphatic carbocycles. The van der Waals surface area contributed by atoms with Gasteiger partial charge in [-0.15, -0.1) is 5.10 Å². The standard InChI is InChI=1S/C18H29N5O5/c1-18(2,3)16(25)28-12-23-11-14(20-21-23)5-4-6-15(24)19-13-7-9-22(10-8-13)17(26)27/h11,13H,4-10,12H2,1-3H3,(H,19,24)(H,26,27). The van der Waals surface area contributed by atoms with Crippen molar-refractivity contribution < 1.29 is 24.2 Å². The predicted octanol–water partition coefficient (Wildman–Crippen LogP) is 1.41. The number of aryl methyl sites for hydroxylation is 1. The zero-order valence-corrected chi connectivity index (χ0v) is 16.7. The highest BCUT2D eigenvalue weighted by molar-refractivity contribution is 5.76. The third kappa shape index (κ3) is 6.82. The predicted molar refractivity (Wildman–Crippen MR) is 99.3 cm³/mol. The summed E-state index contributed by atoms with van der Waals surface area (Å²) in [5.41, 5.74) is 0.162. The fourth-order valence-electron chi connectivity index (χ4n) is 2.80. The van der Waals surface area contributed by atoms with Crippen molar-refractivity contribution in [3.8, 4) is 0 Å². The maximum absolute atomic E-state index is 12.1. The molecule has 0 radical (unpaired) electrons. The molecule has 1 aliphatic heterocycles. The van der Waals surface area contributed by atoms with Crippen LogP contribution < -0.4 is 5.32 Å². The second kappa shape index (κ2) is 9.52. The number of likely N-dealkylation sites (tertiary alicyclic amines) is 1. The van der Waals surface area contributed by atoms with Crippen molar-refractivity contribution in [2.24, 2.45) is 5.41 Å². The first-order valence-electron chi connectivity index (χ1n) is 9.48. The molecule has 156 valence electrons. The van der Waals surface area contributed by atoms with E-state index >= 15 is 0 Å². The topological polar surface area (TPSA) is 127 Å². The van der Waals surface area contributed by atoms with Crippen LogP contribution in [0.5, 0.6) is 0 Å². The normalized spacial score (nSPS) is 15.3. The lowest BCUT2D eigenvalue weighted by Gasteiger charge is -2.30. The molecule has 1 aromatic heterocycles. The van der Waals surface area contributed by atoms with E-state index in [1.165, 1.54) is 9.58 Å². The van der Waals surface area contributed by atoms with Crippen LogP contribution in [-0.4, -0.2) is 62.1 Å². The number of esters is 1. The largest absolute Gasteiger partial charge is 0.465 e. The van der Waals surface area contributed by atoms with Gasteiger partial charge in [0.2, 0.25) is 5.91 Å². The van der Waals surface area contributed by atoms with Crippen molar-refractivity contribution in [2.75, 3.05) is 13.1 Å². The minimum Gasteiger partial charge on any atom is -0.465 e. The lowest BCUT2D eigenvalue weighted by atomic mass is 9.98. The number of hydrogen-bond acceptors (Lipinski definition) is 6. The van der Waals surface area contributed by atoms with E-state index in [0.717, 1.165) is 5.69 Å². The zero-order valence-electron chi connectivity index (χ0n) is 16.7. The van der Waals surface area contributed by atoms with E-state index in [1.54, 1.807) is 27.0 Å². The van der Waals surface area contributed by atoms with Crippen molar-refractivity contribution >= 4 is 18.0 Å². The molecule has 0 bridgehead atoms. The zero-order chi connectivity index (χ0) is 20.7. The number of nitrogens with one attached hydrogen (secondary N) is 1. The molecule has 2 rings (SSSR count). The van der Waals surface area contributed by atoms with Gasteiger partial charge in [-0.25, -0.2) is 9.48 Å². The Hall–Kier alpha value is -2.65. The van der Waals surface area contributed by atoms with Crippen molar-refractivity contribution in [1.29, 1.82) is 0 Å². The molecule has 1 saturated heterocycles. The first-order valence-corrected chi connectivity index (χ1v) is 9.48. The average Bonchev–Trinajstić information content (AvgIpc) is 3.07. The molecule has 0 unspecified atom stereocenters. The van der Waals surface area contributed by atoms with Crippen LogP contribution in [0.15, 0.2) is 6.20 Å². The summed E-state index contributed by atoms with van der Waals surface area (Å²) in [6.07, 6.45) is 3.66. The summed E-state index contributed by atoms with van der Waals surface area (Å²) in [5.74, 6) is -0.351. The van der Waals surface area contributed by atoms with Crippen molar-refractivity contribution in [1.82, 2.24) is 25.2 Å². The quantitative estimate of drug-likeness (QED) is 0.668. The Morgan fingerprint density at radius 1 is 1.29 bits per heavy atom. The number of aromatic nitrogens is 3. The number of nitrogens with zero attached hydrogens (tertiary/aromatic N) is 4. The molecule has 0 saturated carbocycles. The van der Waals surface area contributed by atoms with Crippen LogP contribution in [0, 0.1) is 5.41 Å². The van der Waals surface area contributed by atoms with Gasteiger partial charge < -0.3 is 20.1 Å². The molecular weight excluding hydrogens is 366 g/mol. The van der Waals surface area contributed by atoms with E-state index in [-0.39, 0.29) is 24.6 Å². The summed E-state index contributed by atoms with van der Waals surface area (Å²) < 4.78 is 6.63. The molecular formula is C18H29N5O5. The second-order valence-corrected chi connectivity index (χ2v) is 8.03. The summed E-state index contributed by atoms with van der Waals surface area (Å²) in [5, 5.41) is 19.8. The van der Waals surface area contributed by atoms with E-state index in [0.29, 0.717) is 45.2 Å². The van der Waals surface area contributed by atoms with Crippen LogP contribution >= 0.6 is 0 Å². The highest BCUT2D eigenvalue weighted by atomic mass is 16.5. The van der Waals surface area contributed by atoms with Gasteiger partial charge in [0.1, 0.15) is 0 Å². The Kier molecular flexibility index (Phi) is 7.36. The number of carboxylic acid groups (broad SMARTS) is 1. The lowest BCUT2D eigenvalue weighted by molar-refractivity contribution is -0.157. The Morgan fingerprint density at radius 2 is 1.96 bits per heavy atom. The van der Waals surface area contributed by atoms with E-state index in [2.05, 4.69) is 15.6 Å². The monoisotopic (exact) mass is 395 g/mol. The Labute approximate surface area is 164 Å². The van der Waals surface area contributed by atoms with Crippen LogP contribution in [-0.2, 0) is 27.5 Å². The van der Waals surface area contributed by atoms with Crippen molar-refractivity contribution in [3.05, 3.63) is 11.9 Å². The SMILES string of the molecule is CC(C)(C)C(=O)OCn1cc(CCCC(=O)NC2CCN(C(=O)O)CC2)nn1. The smallest absolute Gasteiger partial charge is 0.407 e. The summed E-state index contributed by atoms with van der Waals surface area (Å²) in [7, 11) is 0. The molecule has 10 nitrogen and oxygen atoms in total. The van der Waals surface area contributed by atoms with Crippen molar-refractivity contribution in [2.45, 2.75) is 65.6 Å². The molecule has 0 aromatic carbocycles. The van der Waals surface area contributed by atoms with Gasteiger partial charge in [-0.3, -0.25) is 9.59 Å². The molecule has 1 aromatic rings. The molecule has 2 heterocycles. The average molecular weight is 395 g/mol. The molecule has 0 spiro atoms. The summed E-state index contributed by atoms with van der Waals surface area (Å²) in [6, 6.07) is 0.0291. The van der Waals surface area contributed by atoms with Gasteiger partial charge in [0, 0.05) is 25.6 Å². The molecule has 2 N–H and O–H groups in total. The molecule has 10 heteroatoms. The van der Waals surface area contributed by atoms with Crippen LogP contribution in [0.3, 0.4) is 0 Å². The fraction of sp³-hybridized carbons (Fsp3) is 0.722. The van der Waals surface area contributed by atoms with Gasteiger partial charge in [0.25, 0.3) is 0 Å². The molecule has 1 aliphatic rings. The van der Waals surface area contributed by atoms with Gasteiger partial charge in [0.15, 0.2) is 6.73 Å². The molecule has 1 fully saturated rings. The Morgan fingerprint density at radius 3 is 2.57 bits per heavy atom. The minimum absolute atomic E-state index is 0.0125. The summed E-state index contributed by atoms with van der Waals surface area (Å²) in [4.78, 5) is 36.0. The van der Waals surface area contributed by atoms with Crippen LogP contribution in [0.2, 0.25) is 0 Å². The van der Waals surface area contributed by atoms with E-state index < -0.39 is 11.5 Å². The first-order chi connectivity index (χ1) is 13.1. The Balaban J connectivity index is 1.64. The number of ether oxygens (including phenoxy) is 1. The maximum Gasteiger partial charge on any atom is 0.407 e. The van der Waals surface area contributed by atoms with E-state index in [1.807, 2.05) is 0 Å².